The first-order valence-electron chi connectivity index (χ1n) is 19.5. The fourth-order valence-electron chi connectivity index (χ4n) is 6.49. The third kappa shape index (κ3) is 21.9. The molecule has 268 valence electrons. The van der Waals surface area contributed by atoms with E-state index in [0.717, 1.165) is 73.1 Å². The van der Waals surface area contributed by atoms with Gasteiger partial charge in [-0.1, -0.05) is 0 Å². The molecular formula is C38H76O4S2Sn. The van der Waals surface area contributed by atoms with Crippen LogP contribution in [0.5, 0.6) is 0 Å². The van der Waals surface area contributed by atoms with E-state index < -0.39 is 19.2 Å². The van der Waals surface area contributed by atoms with Crippen LogP contribution >= 0.6 is 25.3 Å². The summed E-state index contributed by atoms with van der Waals surface area (Å²) in [4.78, 5) is 28.0. The first-order chi connectivity index (χ1) is 21.8. The molecule has 0 aliphatic carbocycles. The number of carbonyl (C=O) groups is 2. The van der Waals surface area contributed by atoms with E-state index >= 15 is 0 Å². The van der Waals surface area contributed by atoms with Gasteiger partial charge in [0.1, 0.15) is 0 Å². The van der Waals surface area contributed by atoms with Crippen molar-refractivity contribution in [1.29, 1.82) is 0 Å². The van der Waals surface area contributed by atoms with Crippen molar-refractivity contribution in [2.24, 2.45) is 23.7 Å². The molecule has 0 aromatic carbocycles. The van der Waals surface area contributed by atoms with Crippen molar-refractivity contribution in [1.82, 2.24) is 0 Å². The van der Waals surface area contributed by atoms with E-state index in [1.807, 2.05) is 0 Å². The Labute approximate surface area is 297 Å². The Kier molecular flexibility index (Phi) is 30.8. The summed E-state index contributed by atoms with van der Waals surface area (Å²) in [6.07, 6.45) is 24.8. The van der Waals surface area contributed by atoms with E-state index in [2.05, 4.69) is 66.8 Å². The summed E-state index contributed by atoms with van der Waals surface area (Å²) in [5.74, 6) is 1.22. The molecule has 0 rings (SSSR count). The van der Waals surface area contributed by atoms with Gasteiger partial charge < -0.3 is 0 Å². The Morgan fingerprint density at radius 1 is 0.511 bits per heavy atom. The van der Waals surface area contributed by atoms with Gasteiger partial charge in [-0.2, -0.15) is 0 Å². The first kappa shape index (κ1) is 45.4. The molecule has 0 fully saturated rings. The number of unbranched alkanes of at least 4 members (excludes halogenated alkanes) is 12. The van der Waals surface area contributed by atoms with Crippen molar-refractivity contribution in [3.05, 3.63) is 0 Å². The number of hydrogen-bond donors (Lipinski definition) is 2. The molecule has 0 radical (unpaired) electrons. The van der Waals surface area contributed by atoms with Crippen molar-refractivity contribution in [3.63, 3.8) is 0 Å². The molecule has 0 bridgehead atoms. The van der Waals surface area contributed by atoms with Gasteiger partial charge in [0, 0.05) is 0 Å². The minimum absolute atomic E-state index is 0.141. The van der Waals surface area contributed by atoms with Gasteiger partial charge in [-0.25, -0.2) is 0 Å². The van der Waals surface area contributed by atoms with Crippen LogP contribution in [0.4, 0.5) is 0 Å². The summed E-state index contributed by atoms with van der Waals surface area (Å²) in [7, 11) is 0. The summed E-state index contributed by atoms with van der Waals surface area (Å²) in [6.45, 7) is 13.4. The SMILES string of the molecule is CCCCCCC[CH2][Sn]([CH2]CCCCCCC)([O]C(=O)C(CS)CC(CC)CCCC)[O]C(=O)C(CS)CC(CC)CCCC. The Bertz CT molecular complexity index is 649. The molecule has 4 atom stereocenters. The molecule has 0 aliphatic rings. The normalized spacial score (nSPS) is 14.6. The van der Waals surface area contributed by atoms with Gasteiger partial charge >= 0.3 is 299 Å². The van der Waals surface area contributed by atoms with Crippen LogP contribution in [0.25, 0.3) is 0 Å². The maximum absolute atomic E-state index is 14.0. The third-order valence-electron chi connectivity index (χ3n) is 9.83. The first-order valence-corrected chi connectivity index (χ1v) is 27.1. The molecule has 0 aromatic rings. The molecule has 7 heteroatoms. The average molecular weight is 780 g/mol. The molecule has 4 unspecified atom stereocenters. The molecule has 45 heavy (non-hydrogen) atoms. The molecule has 0 aromatic heterocycles. The van der Waals surface area contributed by atoms with E-state index in [-0.39, 0.29) is 23.8 Å². The summed E-state index contributed by atoms with van der Waals surface area (Å²) >= 11 is 5.13. The topological polar surface area (TPSA) is 52.6 Å². The third-order valence-corrected chi connectivity index (χ3v) is 20.3. The molecule has 0 saturated heterocycles. The van der Waals surface area contributed by atoms with Gasteiger partial charge in [0.05, 0.1) is 0 Å². The van der Waals surface area contributed by atoms with Crippen molar-refractivity contribution in [3.8, 4) is 0 Å². The van der Waals surface area contributed by atoms with E-state index in [4.69, 9.17) is 6.15 Å². The number of hydrogen-bond acceptors (Lipinski definition) is 6. The maximum atomic E-state index is 14.0. The van der Waals surface area contributed by atoms with Crippen molar-refractivity contribution in [2.45, 2.75) is 192 Å². The van der Waals surface area contributed by atoms with E-state index in [0.29, 0.717) is 23.3 Å². The number of rotatable bonds is 32. The van der Waals surface area contributed by atoms with E-state index in [9.17, 15) is 9.59 Å². The van der Waals surface area contributed by atoms with Crippen LogP contribution in [0.3, 0.4) is 0 Å². The van der Waals surface area contributed by atoms with Crippen molar-refractivity contribution < 1.29 is 15.7 Å². The second kappa shape index (κ2) is 30.5. The van der Waals surface area contributed by atoms with Crippen LogP contribution in [-0.2, 0) is 15.7 Å². The van der Waals surface area contributed by atoms with Gasteiger partial charge in [0.2, 0.25) is 0 Å². The molecule has 0 N–H and O–H groups in total. The Balaban J connectivity index is 6.14. The second-order valence-electron chi connectivity index (χ2n) is 13.9. The van der Waals surface area contributed by atoms with Gasteiger partial charge in [0.25, 0.3) is 0 Å². The molecule has 0 heterocycles. The predicted molar refractivity (Wildman–Crippen MR) is 205 cm³/mol. The molecule has 0 spiro atoms. The fourth-order valence-corrected chi connectivity index (χ4v) is 16.6. The Morgan fingerprint density at radius 2 is 0.844 bits per heavy atom. The Hall–Kier alpha value is 0.439. The van der Waals surface area contributed by atoms with Crippen LogP contribution in [0, 0.1) is 23.7 Å². The number of carbonyl (C=O) groups excluding carboxylic acids is 2. The van der Waals surface area contributed by atoms with Crippen LogP contribution in [-0.4, -0.2) is 42.6 Å². The Morgan fingerprint density at radius 3 is 1.16 bits per heavy atom. The van der Waals surface area contributed by atoms with E-state index in [1.165, 1.54) is 77.0 Å². The molecule has 4 nitrogen and oxygen atoms in total. The van der Waals surface area contributed by atoms with Crippen molar-refractivity contribution in [2.75, 3.05) is 11.5 Å². The molecule has 0 amide bonds. The molecule has 0 saturated carbocycles. The second-order valence-corrected chi connectivity index (χ2v) is 23.8. The van der Waals surface area contributed by atoms with Gasteiger partial charge in [-0.3, -0.25) is 0 Å². The zero-order chi connectivity index (χ0) is 33.8. The minimum atomic E-state index is -4.16. The summed E-state index contributed by atoms with van der Waals surface area (Å²) in [5.41, 5.74) is 0. The zero-order valence-corrected chi connectivity index (χ0v) is 35.4. The van der Waals surface area contributed by atoms with Gasteiger partial charge in [-0.15, -0.1) is 0 Å². The summed E-state index contributed by atoms with van der Waals surface area (Å²) in [6, 6.07) is 0. The zero-order valence-electron chi connectivity index (χ0n) is 30.7. The summed E-state index contributed by atoms with van der Waals surface area (Å²) in [5, 5.41) is 0. The van der Waals surface area contributed by atoms with Crippen LogP contribution < -0.4 is 0 Å². The monoisotopic (exact) mass is 780 g/mol. The predicted octanol–water partition coefficient (Wildman–Crippen LogP) is 12.5. The molecular weight excluding hydrogens is 703 g/mol. The van der Waals surface area contributed by atoms with Crippen LogP contribution in [0.1, 0.15) is 183 Å². The van der Waals surface area contributed by atoms with Gasteiger partial charge in [0.15, 0.2) is 0 Å². The van der Waals surface area contributed by atoms with Crippen LogP contribution in [0.2, 0.25) is 8.87 Å². The quantitative estimate of drug-likeness (QED) is 0.0406. The van der Waals surface area contributed by atoms with Gasteiger partial charge in [-0.05, 0) is 0 Å². The molecule has 0 aliphatic heterocycles. The number of thiol groups is 2. The van der Waals surface area contributed by atoms with Crippen LogP contribution in [0.15, 0.2) is 0 Å². The summed E-state index contributed by atoms with van der Waals surface area (Å²) < 4.78 is 15.0. The fraction of sp³-hybridized carbons (Fsp3) is 0.947. The average Bonchev–Trinajstić information content (AvgIpc) is 3.04. The standard InChI is InChI=1S/2C11H22O2S.2C8H17.Sn/c2*1-3-5-6-9(4-2)7-10(8-14)11(12)13;2*1-3-5-7-8-6-4-2;/h2*9-10,14H,3-8H2,1-2H3,(H,12,13);2*1,3-8H2,2H3;/q;;;;+2/p-2. The van der Waals surface area contributed by atoms with Crippen molar-refractivity contribution >= 4 is 56.4 Å². The van der Waals surface area contributed by atoms with E-state index in [1.54, 1.807) is 0 Å².